The molecule has 0 aliphatic heterocycles. The monoisotopic (exact) mass is 336 g/mol. The van der Waals surface area contributed by atoms with Gasteiger partial charge in [0.2, 0.25) is 0 Å². The molecule has 0 saturated carbocycles. The average Bonchev–Trinajstić information content (AvgIpc) is 2.56. The van der Waals surface area contributed by atoms with Gasteiger partial charge in [-0.15, -0.1) is 0 Å². The summed E-state index contributed by atoms with van der Waals surface area (Å²) in [6.45, 7) is 3.66. The van der Waals surface area contributed by atoms with Crippen molar-refractivity contribution in [3.8, 4) is 0 Å². The number of aryl methyl sites for hydroxylation is 1. The second-order valence-corrected chi connectivity index (χ2v) is 5.98. The lowest BCUT2D eigenvalue weighted by atomic mass is 10.0. The summed E-state index contributed by atoms with van der Waals surface area (Å²) < 4.78 is 46.5. The Kier molecular flexibility index (Phi) is 6.44. The minimum absolute atomic E-state index is 0.171. The molecule has 0 spiro atoms. The number of unbranched alkanes of at least 4 members (excludes halogenated alkanes) is 2. The van der Waals surface area contributed by atoms with Gasteiger partial charge in [0.1, 0.15) is 5.82 Å². The number of alkyl halides is 2. The molecule has 0 saturated heterocycles. The van der Waals surface area contributed by atoms with Crippen molar-refractivity contribution >= 4 is 0 Å². The summed E-state index contributed by atoms with van der Waals surface area (Å²) in [7, 11) is 0. The lowest BCUT2D eigenvalue weighted by molar-refractivity contribution is -0.272. The van der Waals surface area contributed by atoms with Crippen molar-refractivity contribution in [3.63, 3.8) is 0 Å². The van der Waals surface area contributed by atoms with E-state index < -0.39 is 18.0 Å². The van der Waals surface area contributed by atoms with Gasteiger partial charge < -0.3 is 4.74 Å². The van der Waals surface area contributed by atoms with E-state index in [0.29, 0.717) is 5.56 Å². The van der Waals surface area contributed by atoms with Crippen molar-refractivity contribution in [2.45, 2.75) is 51.7 Å². The molecule has 1 nitrogen and oxygen atoms in total. The maximum absolute atomic E-state index is 14.3. The zero-order chi connectivity index (χ0) is 17.6. The quantitative estimate of drug-likeness (QED) is 0.508. The Morgan fingerprint density at radius 1 is 0.958 bits per heavy atom. The van der Waals surface area contributed by atoms with Crippen molar-refractivity contribution in [2.75, 3.05) is 0 Å². The molecule has 24 heavy (non-hydrogen) atoms. The summed E-state index contributed by atoms with van der Waals surface area (Å²) in [4.78, 5) is 0. The van der Waals surface area contributed by atoms with E-state index in [1.165, 1.54) is 43.3 Å². The molecule has 2 rings (SSSR count). The van der Waals surface area contributed by atoms with Crippen molar-refractivity contribution in [1.29, 1.82) is 0 Å². The predicted molar refractivity (Wildman–Crippen MR) is 89.5 cm³/mol. The number of rotatable bonds is 8. The van der Waals surface area contributed by atoms with Crippen LogP contribution in [0.3, 0.4) is 0 Å². The van der Waals surface area contributed by atoms with Crippen molar-refractivity contribution in [1.82, 2.24) is 0 Å². The molecule has 130 valence electrons. The maximum atomic E-state index is 14.3. The largest absolute Gasteiger partial charge is 0.383 e. The fourth-order valence-electron chi connectivity index (χ4n) is 2.54. The van der Waals surface area contributed by atoms with Crippen LogP contribution in [0.1, 0.15) is 55.9 Å². The first-order valence-electron chi connectivity index (χ1n) is 8.33. The van der Waals surface area contributed by atoms with Gasteiger partial charge in [-0.1, -0.05) is 56.2 Å². The summed E-state index contributed by atoms with van der Waals surface area (Å²) in [5.41, 5.74) is 1.39. The molecule has 0 aliphatic carbocycles. The molecule has 0 radical (unpaired) electrons. The molecule has 0 amide bonds. The van der Waals surface area contributed by atoms with Crippen LogP contribution >= 0.6 is 0 Å². The third kappa shape index (κ3) is 5.10. The highest BCUT2D eigenvalue weighted by Gasteiger charge is 2.35. The Balaban J connectivity index is 2.02. The molecular formula is C20H23F3O. The zero-order valence-electron chi connectivity index (χ0n) is 14.1. The number of benzene rings is 2. The minimum Gasteiger partial charge on any atom is -0.309 e. The first kappa shape index (κ1) is 18.5. The van der Waals surface area contributed by atoms with Crippen LogP contribution in [0.5, 0.6) is 0 Å². The van der Waals surface area contributed by atoms with Crippen LogP contribution in [0.4, 0.5) is 13.2 Å². The molecule has 1 atom stereocenters. The standard InChI is InChI=1S/C20H23F3O/c1-3-4-5-6-16-7-11-18(12-8-16)20(22,23)24-15(2)17-9-13-19(21)14-10-17/h7-15H,3-6H2,1-2H3. The number of hydrogen-bond donors (Lipinski definition) is 0. The van der Waals surface area contributed by atoms with Gasteiger partial charge in [-0.05, 0) is 43.0 Å². The van der Waals surface area contributed by atoms with Gasteiger partial charge in [0.05, 0.1) is 11.7 Å². The fourth-order valence-corrected chi connectivity index (χ4v) is 2.54. The van der Waals surface area contributed by atoms with Gasteiger partial charge >= 0.3 is 6.11 Å². The van der Waals surface area contributed by atoms with E-state index in [1.54, 1.807) is 12.1 Å². The fraction of sp³-hybridized carbons (Fsp3) is 0.400. The maximum Gasteiger partial charge on any atom is 0.383 e. The molecule has 1 unspecified atom stereocenters. The first-order chi connectivity index (χ1) is 11.4. The van der Waals surface area contributed by atoms with Gasteiger partial charge in [0.25, 0.3) is 0 Å². The van der Waals surface area contributed by atoms with Gasteiger partial charge in [-0.25, -0.2) is 4.39 Å². The topological polar surface area (TPSA) is 9.23 Å². The lowest BCUT2D eigenvalue weighted by Crippen LogP contribution is -2.20. The van der Waals surface area contributed by atoms with E-state index in [0.717, 1.165) is 31.2 Å². The highest BCUT2D eigenvalue weighted by atomic mass is 19.3. The second kappa shape index (κ2) is 8.34. The van der Waals surface area contributed by atoms with Crippen LogP contribution in [-0.4, -0.2) is 0 Å². The van der Waals surface area contributed by atoms with Crippen LogP contribution in [0, 0.1) is 5.82 Å². The van der Waals surface area contributed by atoms with E-state index in [-0.39, 0.29) is 5.56 Å². The van der Waals surface area contributed by atoms with E-state index in [9.17, 15) is 13.2 Å². The van der Waals surface area contributed by atoms with Crippen molar-refractivity contribution < 1.29 is 17.9 Å². The number of halogens is 3. The summed E-state index contributed by atoms with van der Waals surface area (Å²) in [6, 6.07) is 11.7. The summed E-state index contributed by atoms with van der Waals surface area (Å²) in [6.07, 6.45) is -0.0153. The van der Waals surface area contributed by atoms with Crippen LogP contribution in [0.15, 0.2) is 48.5 Å². The second-order valence-electron chi connectivity index (χ2n) is 5.98. The SMILES string of the molecule is CCCCCc1ccc(C(F)(F)OC(C)c2ccc(F)cc2)cc1. The Bertz CT molecular complexity index is 620. The minimum atomic E-state index is -3.39. The molecular weight excluding hydrogens is 313 g/mol. The smallest absolute Gasteiger partial charge is 0.309 e. The van der Waals surface area contributed by atoms with Crippen LogP contribution in [0.2, 0.25) is 0 Å². The molecule has 0 aliphatic rings. The molecule has 0 bridgehead atoms. The molecule has 0 N–H and O–H groups in total. The van der Waals surface area contributed by atoms with E-state index >= 15 is 0 Å². The number of ether oxygens (including phenoxy) is 1. The summed E-state index contributed by atoms with van der Waals surface area (Å²) in [5.74, 6) is -0.406. The molecule has 0 aromatic heterocycles. The zero-order valence-corrected chi connectivity index (χ0v) is 14.1. The summed E-state index contributed by atoms with van der Waals surface area (Å²) >= 11 is 0. The van der Waals surface area contributed by atoms with E-state index in [4.69, 9.17) is 4.74 Å². The van der Waals surface area contributed by atoms with Gasteiger partial charge in [-0.2, -0.15) is 8.78 Å². The van der Waals surface area contributed by atoms with E-state index in [2.05, 4.69) is 6.92 Å². The van der Waals surface area contributed by atoms with Gasteiger partial charge in [-0.3, -0.25) is 0 Å². The average molecular weight is 336 g/mol. The highest BCUT2D eigenvalue weighted by Crippen LogP contribution is 2.35. The Labute approximate surface area is 141 Å². The Hall–Kier alpha value is -1.81. The highest BCUT2D eigenvalue weighted by molar-refractivity contribution is 5.25. The molecule has 4 heteroatoms. The summed E-state index contributed by atoms with van der Waals surface area (Å²) in [5, 5.41) is 0. The molecule has 0 fully saturated rings. The van der Waals surface area contributed by atoms with Crippen LogP contribution < -0.4 is 0 Å². The molecule has 2 aromatic rings. The third-order valence-corrected chi connectivity index (χ3v) is 4.02. The lowest BCUT2D eigenvalue weighted by Gasteiger charge is -2.22. The van der Waals surface area contributed by atoms with Crippen LogP contribution in [-0.2, 0) is 17.3 Å². The normalized spacial score (nSPS) is 13.0. The molecule has 2 aromatic carbocycles. The van der Waals surface area contributed by atoms with Crippen LogP contribution in [0.25, 0.3) is 0 Å². The first-order valence-corrected chi connectivity index (χ1v) is 8.33. The molecule has 0 heterocycles. The predicted octanol–water partition coefficient (Wildman–Crippen LogP) is 6.39. The van der Waals surface area contributed by atoms with Gasteiger partial charge in [0.15, 0.2) is 0 Å². The van der Waals surface area contributed by atoms with Gasteiger partial charge in [0, 0.05) is 0 Å². The van der Waals surface area contributed by atoms with E-state index in [1.807, 2.05) is 0 Å². The third-order valence-electron chi connectivity index (χ3n) is 4.02. The Morgan fingerprint density at radius 3 is 2.17 bits per heavy atom. The van der Waals surface area contributed by atoms with Crippen molar-refractivity contribution in [2.24, 2.45) is 0 Å². The van der Waals surface area contributed by atoms with Crippen molar-refractivity contribution in [3.05, 3.63) is 71.0 Å². The Morgan fingerprint density at radius 2 is 1.58 bits per heavy atom. The number of hydrogen-bond acceptors (Lipinski definition) is 1.